The predicted octanol–water partition coefficient (Wildman–Crippen LogP) is 2.06. The Morgan fingerprint density at radius 3 is 2.80 bits per heavy atom. The molecule has 7 heteroatoms. The molecule has 1 aromatic carbocycles. The van der Waals surface area contributed by atoms with Crippen molar-refractivity contribution >= 4 is 11.8 Å². The fraction of sp³-hybridized carbons (Fsp3) is 0.389. The van der Waals surface area contributed by atoms with Gasteiger partial charge in [0.2, 0.25) is 0 Å². The topological polar surface area (TPSA) is 67.2 Å². The van der Waals surface area contributed by atoms with Crippen LogP contribution in [-0.4, -0.2) is 39.6 Å². The van der Waals surface area contributed by atoms with Crippen LogP contribution in [0, 0.1) is 11.7 Å². The predicted molar refractivity (Wildman–Crippen MR) is 90.5 cm³/mol. The molecule has 0 atom stereocenters. The van der Waals surface area contributed by atoms with Gasteiger partial charge in [0.25, 0.3) is 11.8 Å². The summed E-state index contributed by atoms with van der Waals surface area (Å²) in [6.07, 6.45) is 0. The second-order valence-corrected chi connectivity index (χ2v) is 6.56. The van der Waals surface area contributed by atoms with E-state index in [-0.39, 0.29) is 29.9 Å². The van der Waals surface area contributed by atoms with Gasteiger partial charge in [0, 0.05) is 31.3 Å². The highest BCUT2D eigenvalue weighted by molar-refractivity contribution is 5.98. The van der Waals surface area contributed by atoms with Gasteiger partial charge >= 0.3 is 0 Å². The molecule has 0 aliphatic carbocycles. The zero-order valence-corrected chi connectivity index (χ0v) is 14.3. The van der Waals surface area contributed by atoms with Gasteiger partial charge in [-0.25, -0.2) is 4.39 Å². The van der Waals surface area contributed by atoms with Gasteiger partial charge in [-0.05, 0) is 12.0 Å². The van der Waals surface area contributed by atoms with Crippen molar-refractivity contribution in [3.63, 3.8) is 0 Å². The number of rotatable bonds is 5. The molecule has 0 saturated carbocycles. The van der Waals surface area contributed by atoms with E-state index in [1.165, 1.54) is 12.1 Å². The van der Waals surface area contributed by atoms with Gasteiger partial charge < -0.3 is 10.2 Å². The van der Waals surface area contributed by atoms with Crippen LogP contribution in [0.15, 0.2) is 30.3 Å². The Kier molecular flexibility index (Phi) is 4.83. The van der Waals surface area contributed by atoms with E-state index in [4.69, 9.17) is 0 Å². The van der Waals surface area contributed by atoms with Gasteiger partial charge in [-0.3, -0.25) is 14.3 Å². The van der Waals surface area contributed by atoms with E-state index in [1.54, 1.807) is 27.8 Å². The minimum Gasteiger partial charge on any atom is -0.350 e. The molecule has 1 aromatic heterocycles. The van der Waals surface area contributed by atoms with E-state index in [1.807, 2.05) is 13.8 Å². The standard InChI is InChI=1S/C18H21FN4O2/c1-12(2)10-20-17(24)15-9-16-18(25)22(7-8-23(16)21-15)11-13-5-3-4-6-14(13)19/h3-6,9,12H,7-8,10-11H2,1-2H3,(H,20,24). The molecule has 0 fully saturated rings. The molecule has 25 heavy (non-hydrogen) atoms. The first-order valence-corrected chi connectivity index (χ1v) is 8.34. The van der Waals surface area contributed by atoms with Crippen LogP contribution in [0.25, 0.3) is 0 Å². The van der Waals surface area contributed by atoms with Crippen LogP contribution < -0.4 is 5.32 Å². The normalized spacial score (nSPS) is 13.9. The molecular weight excluding hydrogens is 323 g/mol. The van der Waals surface area contributed by atoms with Crippen LogP contribution in [-0.2, 0) is 13.1 Å². The molecule has 2 aromatic rings. The van der Waals surface area contributed by atoms with E-state index in [2.05, 4.69) is 10.4 Å². The SMILES string of the molecule is CC(C)CNC(=O)c1cc2n(n1)CCN(Cc1ccccc1F)C2=O. The summed E-state index contributed by atoms with van der Waals surface area (Å²) in [6, 6.07) is 7.91. The molecule has 6 nitrogen and oxygen atoms in total. The van der Waals surface area contributed by atoms with Crippen LogP contribution in [0.4, 0.5) is 4.39 Å². The van der Waals surface area contributed by atoms with Crippen LogP contribution in [0.3, 0.4) is 0 Å². The maximum atomic E-state index is 13.8. The molecule has 2 heterocycles. The third kappa shape index (κ3) is 3.70. The molecule has 3 rings (SSSR count). The molecule has 0 unspecified atom stereocenters. The Balaban J connectivity index is 1.74. The van der Waals surface area contributed by atoms with Crippen molar-refractivity contribution in [3.05, 3.63) is 53.1 Å². The lowest BCUT2D eigenvalue weighted by molar-refractivity contribution is 0.0681. The van der Waals surface area contributed by atoms with Crippen molar-refractivity contribution in [1.29, 1.82) is 0 Å². The van der Waals surface area contributed by atoms with Crippen molar-refractivity contribution in [1.82, 2.24) is 20.0 Å². The van der Waals surface area contributed by atoms with Gasteiger partial charge in [-0.2, -0.15) is 5.10 Å². The zero-order chi connectivity index (χ0) is 18.0. The highest BCUT2D eigenvalue weighted by Crippen LogP contribution is 2.18. The Bertz CT molecular complexity index is 800. The van der Waals surface area contributed by atoms with E-state index in [9.17, 15) is 14.0 Å². The molecular formula is C18H21FN4O2. The molecule has 0 saturated heterocycles. The molecule has 1 aliphatic heterocycles. The van der Waals surface area contributed by atoms with Crippen molar-refractivity contribution in [2.24, 2.45) is 5.92 Å². The van der Waals surface area contributed by atoms with Crippen molar-refractivity contribution in [3.8, 4) is 0 Å². The lowest BCUT2D eigenvalue weighted by atomic mass is 10.1. The molecule has 1 N–H and O–H groups in total. The molecule has 2 amide bonds. The number of aromatic nitrogens is 2. The van der Waals surface area contributed by atoms with Gasteiger partial charge in [0.05, 0.1) is 6.54 Å². The third-order valence-corrected chi connectivity index (χ3v) is 4.09. The second-order valence-electron chi connectivity index (χ2n) is 6.56. The van der Waals surface area contributed by atoms with E-state index < -0.39 is 0 Å². The Morgan fingerprint density at radius 1 is 1.32 bits per heavy atom. The number of carbonyl (C=O) groups is 2. The fourth-order valence-electron chi connectivity index (χ4n) is 2.72. The lowest BCUT2D eigenvalue weighted by Crippen LogP contribution is -2.40. The molecule has 0 bridgehead atoms. The largest absolute Gasteiger partial charge is 0.350 e. The number of benzene rings is 1. The summed E-state index contributed by atoms with van der Waals surface area (Å²) in [4.78, 5) is 26.3. The van der Waals surface area contributed by atoms with Crippen molar-refractivity contribution in [2.75, 3.05) is 13.1 Å². The number of nitrogens with zero attached hydrogens (tertiary/aromatic N) is 3. The summed E-state index contributed by atoms with van der Waals surface area (Å²) < 4.78 is 15.4. The number of halogens is 1. The average molecular weight is 344 g/mol. The Morgan fingerprint density at radius 2 is 2.08 bits per heavy atom. The highest BCUT2D eigenvalue weighted by Gasteiger charge is 2.28. The lowest BCUT2D eigenvalue weighted by Gasteiger charge is -2.27. The number of hydrogen-bond acceptors (Lipinski definition) is 3. The third-order valence-electron chi connectivity index (χ3n) is 4.09. The average Bonchev–Trinajstić information content (AvgIpc) is 3.02. The van der Waals surface area contributed by atoms with E-state index in [0.29, 0.717) is 36.8 Å². The van der Waals surface area contributed by atoms with Crippen LogP contribution in [0.1, 0.15) is 40.4 Å². The maximum Gasteiger partial charge on any atom is 0.272 e. The number of hydrogen-bond donors (Lipinski definition) is 1. The van der Waals surface area contributed by atoms with Gasteiger partial charge in [-0.1, -0.05) is 32.0 Å². The first-order chi connectivity index (χ1) is 12.0. The minimum absolute atomic E-state index is 0.200. The number of nitrogens with one attached hydrogen (secondary N) is 1. The highest BCUT2D eigenvalue weighted by atomic mass is 19.1. The minimum atomic E-state index is -0.330. The first-order valence-electron chi connectivity index (χ1n) is 8.34. The smallest absolute Gasteiger partial charge is 0.272 e. The van der Waals surface area contributed by atoms with Crippen LogP contribution in [0.5, 0.6) is 0 Å². The second kappa shape index (κ2) is 7.04. The van der Waals surface area contributed by atoms with Crippen LogP contribution >= 0.6 is 0 Å². The Labute approximate surface area is 145 Å². The fourth-order valence-corrected chi connectivity index (χ4v) is 2.72. The Hall–Kier alpha value is -2.70. The summed E-state index contributed by atoms with van der Waals surface area (Å²) in [7, 11) is 0. The first kappa shape index (κ1) is 17.1. The van der Waals surface area contributed by atoms with Crippen molar-refractivity contribution in [2.45, 2.75) is 26.9 Å². The van der Waals surface area contributed by atoms with Crippen molar-refractivity contribution < 1.29 is 14.0 Å². The summed E-state index contributed by atoms with van der Waals surface area (Å²) >= 11 is 0. The van der Waals surface area contributed by atoms with Gasteiger partial charge in [0.1, 0.15) is 11.5 Å². The van der Waals surface area contributed by atoms with Gasteiger partial charge in [-0.15, -0.1) is 0 Å². The molecule has 1 aliphatic rings. The number of fused-ring (bicyclic) bond motifs is 1. The van der Waals surface area contributed by atoms with Crippen LogP contribution in [0.2, 0.25) is 0 Å². The quantitative estimate of drug-likeness (QED) is 0.903. The molecule has 0 spiro atoms. The van der Waals surface area contributed by atoms with E-state index in [0.717, 1.165) is 0 Å². The van der Waals surface area contributed by atoms with Gasteiger partial charge in [0.15, 0.2) is 5.69 Å². The number of carbonyl (C=O) groups excluding carboxylic acids is 2. The summed E-state index contributed by atoms with van der Waals surface area (Å²) in [5.74, 6) is -0.531. The molecule has 0 radical (unpaired) electrons. The summed E-state index contributed by atoms with van der Waals surface area (Å²) in [5, 5.41) is 7.01. The summed E-state index contributed by atoms with van der Waals surface area (Å²) in [5.41, 5.74) is 1.06. The molecule has 132 valence electrons. The monoisotopic (exact) mass is 344 g/mol. The van der Waals surface area contributed by atoms with E-state index >= 15 is 0 Å². The summed E-state index contributed by atoms with van der Waals surface area (Å²) in [6.45, 7) is 5.66. The zero-order valence-electron chi connectivity index (χ0n) is 14.3. The maximum absolute atomic E-state index is 13.8. The number of amides is 2.